The third kappa shape index (κ3) is 1.20. The Morgan fingerprint density at radius 1 is 1.67 bits per heavy atom. The van der Waals surface area contributed by atoms with Crippen LogP contribution in [0.4, 0.5) is 4.39 Å². The minimum Gasteiger partial charge on any atom is -0.327 e. The van der Waals surface area contributed by atoms with E-state index in [0.29, 0.717) is 12.0 Å². The Morgan fingerprint density at radius 3 is 2.75 bits per heavy atom. The zero-order chi connectivity index (χ0) is 8.77. The van der Waals surface area contributed by atoms with Crippen LogP contribution in [-0.4, -0.2) is 6.04 Å². The van der Waals surface area contributed by atoms with Crippen molar-refractivity contribution < 1.29 is 4.39 Å². The largest absolute Gasteiger partial charge is 0.327 e. The van der Waals surface area contributed by atoms with Crippen molar-refractivity contribution in [3.05, 3.63) is 24.1 Å². The number of halogens is 1. The Labute approximate surface area is 72.1 Å². The van der Waals surface area contributed by atoms with Gasteiger partial charge >= 0.3 is 0 Å². The first-order valence-electron chi connectivity index (χ1n) is 4.42. The smallest absolute Gasteiger partial charge is 0.118 e. The molecule has 0 saturated heterocycles. The minimum atomic E-state index is -0.110. The molecule has 66 valence electrons. The van der Waals surface area contributed by atoms with Crippen LogP contribution in [0.1, 0.15) is 19.8 Å². The molecule has 0 spiro atoms. The van der Waals surface area contributed by atoms with Crippen LogP contribution in [0.15, 0.2) is 24.1 Å². The van der Waals surface area contributed by atoms with E-state index in [1.807, 2.05) is 6.08 Å². The van der Waals surface area contributed by atoms with Crippen LogP contribution < -0.4 is 5.73 Å². The lowest BCUT2D eigenvalue weighted by Gasteiger charge is -2.26. The molecule has 1 fully saturated rings. The second-order valence-electron chi connectivity index (χ2n) is 4.14. The van der Waals surface area contributed by atoms with Gasteiger partial charge in [-0.25, -0.2) is 4.39 Å². The summed E-state index contributed by atoms with van der Waals surface area (Å²) in [6.45, 7) is 2.16. The van der Waals surface area contributed by atoms with Crippen LogP contribution in [0.25, 0.3) is 0 Å². The summed E-state index contributed by atoms with van der Waals surface area (Å²) in [7, 11) is 0. The molecule has 2 rings (SSSR count). The first-order chi connectivity index (χ1) is 5.62. The van der Waals surface area contributed by atoms with Crippen molar-refractivity contribution in [1.29, 1.82) is 0 Å². The molecule has 1 nitrogen and oxygen atoms in total. The first kappa shape index (κ1) is 7.99. The van der Waals surface area contributed by atoms with Gasteiger partial charge < -0.3 is 5.73 Å². The van der Waals surface area contributed by atoms with Gasteiger partial charge in [-0.3, -0.25) is 0 Å². The SMILES string of the molecule is CC1([C@@H]2C[C@H]2N)C=CC(F)=CC1. The molecule has 12 heavy (non-hydrogen) atoms. The molecule has 0 amide bonds. The molecule has 2 heteroatoms. The van der Waals surface area contributed by atoms with Gasteiger partial charge in [0.05, 0.1) is 0 Å². The van der Waals surface area contributed by atoms with Gasteiger partial charge in [-0.2, -0.15) is 0 Å². The number of allylic oxidation sites excluding steroid dienone is 4. The van der Waals surface area contributed by atoms with Crippen molar-refractivity contribution in [2.75, 3.05) is 0 Å². The van der Waals surface area contributed by atoms with Gasteiger partial charge in [0.1, 0.15) is 5.83 Å². The summed E-state index contributed by atoms with van der Waals surface area (Å²) in [5, 5.41) is 0. The highest BCUT2D eigenvalue weighted by molar-refractivity contribution is 5.24. The fourth-order valence-electron chi connectivity index (χ4n) is 1.97. The molecule has 0 aromatic heterocycles. The quantitative estimate of drug-likeness (QED) is 0.636. The summed E-state index contributed by atoms with van der Waals surface area (Å²) >= 11 is 0. The van der Waals surface area contributed by atoms with E-state index in [1.54, 1.807) is 12.2 Å². The summed E-state index contributed by atoms with van der Waals surface area (Å²) in [4.78, 5) is 0. The second kappa shape index (κ2) is 2.43. The molecule has 2 aliphatic carbocycles. The normalized spacial score (nSPS) is 45.8. The molecule has 0 aromatic carbocycles. The monoisotopic (exact) mass is 167 g/mol. The Balaban J connectivity index is 2.10. The maximum atomic E-state index is 12.7. The van der Waals surface area contributed by atoms with E-state index < -0.39 is 0 Å². The molecule has 1 unspecified atom stereocenters. The van der Waals surface area contributed by atoms with E-state index >= 15 is 0 Å². The molecule has 0 aliphatic heterocycles. The highest BCUT2D eigenvalue weighted by Crippen LogP contribution is 2.49. The lowest BCUT2D eigenvalue weighted by molar-refractivity contribution is 0.353. The van der Waals surface area contributed by atoms with Crippen LogP contribution >= 0.6 is 0 Å². The van der Waals surface area contributed by atoms with E-state index in [-0.39, 0.29) is 11.2 Å². The third-order valence-electron chi connectivity index (χ3n) is 3.05. The van der Waals surface area contributed by atoms with Gasteiger partial charge in [-0.05, 0) is 36.3 Å². The van der Waals surface area contributed by atoms with Crippen LogP contribution in [0, 0.1) is 11.3 Å². The van der Waals surface area contributed by atoms with Crippen LogP contribution in [0.2, 0.25) is 0 Å². The number of hydrogen-bond donors (Lipinski definition) is 1. The molecule has 2 aliphatic rings. The van der Waals surface area contributed by atoms with Crippen molar-refractivity contribution in [1.82, 2.24) is 0 Å². The Morgan fingerprint density at radius 2 is 2.33 bits per heavy atom. The third-order valence-corrected chi connectivity index (χ3v) is 3.05. The molecule has 0 heterocycles. The number of nitrogens with two attached hydrogens (primary N) is 1. The summed E-state index contributed by atoms with van der Waals surface area (Å²) in [5.74, 6) is 0.458. The van der Waals surface area contributed by atoms with Gasteiger partial charge in [0, 0.05) is 6.04 Å². The van der Waals surface area contributed by atoms with E-state index in [1.165, 1.54) is 0 Å². The average Bonchev–Trinajstić information content (AvgIpc) is 2.75. The standard InChI is InChI=1S/C10H14FN/c1-10(8-6-9(8)12)4-2-7(11)3-5-10/h2-4,8-9H,5-6,12H2,1H3/t8-,9-,10?/m1/s1. The van der Waals surface area contributed by atoms with E-state index in [0.717, 1.165) is 12.8 Å². The molecule has 0 bridgehead atoms. The average molecular weight is 167 g/mol. The van der Waals surface area contributed by atoms with Crippen molar-refractivity contribution in [3.63, 3.8) is 0 Å². The predicted molar refractivity (Wildman–Crippen MR) is 47.1 cm³/mol. The van der Waals surface area contributed by atoms with E-state index in [9.17, 15) is 4.39 Å². The molecule has 2 N–H and O–H groups in total. The van der Waals surface area contributed by atoms with Gasteiger partial charge in [-0.1, -0.05) is 13.0 Å². The molecule has 1 saturated carbocycles. The number of rotatable bonds is 1. The highest BCUT2D eigenvalue weighted by atomic mass is 19.1. The summed E-state index contributed by atoms with van der Waals surface area (Å²) in [5.41, 5.74) is 5.89. The topological polar surface area (TPSA) is 26.0 Å². The maximum absolute atomic E-state index is 12.7. The zero-order valence-corrected chi connectivity index (χ0v) is 7.26. The van der Waals surface area contributed by atoms with Crippen LogP contribution in [0.3, 0.4) is 0 Å². The maximum Gasteiger partial charge on any atom is 0.118 e. The molecule has 0 aromatic rings. The Bertz CT molecular complexity index is 257. The predicted octanol–water partition coefficient (Wildman–Crippen LogP) is 2.15. The summed E-state index contributed by atoms with van der Waals surface area (Å²) in [6.07, 6.45) is 7.09. The fourth-order valence-corrected chi connectivity index (χ4v) is 1.97. The Kier molecular flexibility index (Phi) is 1.62. The van der Waals surface area contributed by atoms with E-state index in [4.69, 9.17) is 5.73 Å². The first-order valence-corrected chi connectivity index (χ1v) is 4.42. The zero-order valence-electron chi connectivity index (χ0n) is 7.26. The van der Waals surface area contributed by atoms with Crippen molar-refractivity contribution in [2.45, 2.75) is 25.8 Å². The molecular weight excluding hydrogens is 153 g/mol. The summed E-state index contributed by atoms with van der Waals surface area (Å²) in [6, 6.07) is 0.342. The van der Waals surface area contributed by atoms with Crippen molar-refractivity contribution >= 4 is 0 Å². The fraction of sp³-hybridized carbons (Fsp3) is 0.600. The van der Waals surface area contributed by atoms with Gasteiger partial charge in [-0.15, -0.1) is 0 Å². The highest BCUT2D eigenvalue weighted by Gasteiger charge is 2.46. The Hall–Kier alpha value is -0.630. The van der Waals surface area contributed by atoms with Crippen molar-refractivity contribution in [2.24, 2.45) is 17.1 Å². The summed E-state index contributed by atoms with van der Waals surface area (Å²) < 4.78 is 12.7. The lowest BCUT2D eigenvalue weighted by Crippen LogP contribution is -2.21. The van der Waals surface area contributed by atoms with Gasteiger partial charge in [0.2, 0.25) is 0 Å². The molecule has 0 radical (unpaired) electrons. The molecular formula is C10H14FN. The van der Waals surface area contributed by atoms with Crippen molar-refractivity contribution in [3.8, 4) is 0 Å². The number of hydrogen-bond acceptors (Lipinski definition) is 1. The lowest BCUT2D eigenvalue weighted by atomic mass is 9.78. The van der Waals surface area contributed by atoms with Gasteiger partial charge in [0.25, 0.3) is 0 Å². The second-order valence-corrected chi connectivity index (χ2v) is 4.14. The van der Waals surface area contributed by atoms with E-state index in [2.05, 4.69) is 6.92 Å². The van der Waals surface area contributed by atoms with Crippen LogP contribution in [0.5, 0.6) is 0 Å². The molecule has 3 atom stereocenters. The van der Waals surface area contributed by atoms with Gasteiger partial charge in [0.15, 0.2) is 0 Å². The minimum absolute atomic E-state index is 0.110. The van der Waals surface area contributed by atoms with Crippen LogP contribution in [-0.2, 0) is 0 Å².